The van der Waals surface area contributed by atoms with E-state index in [2.05, 4.69) is 16.5 Å². The minimum atomic E-state index is -0.860. The molecule has 3 rings (SSSR count). The van der Waals surface area contributed by atoms with Crippen molar-refractivity contribution in [2.24, 2.45) is 0 Å². The Hall–Kier alpha value is -3.28. The van der Waals surface area contributed by atoms with Gasteiger partial charge in [-0.25, -0.2) is 9.48 Å². The molecule has 1 heterocycles. The zero-order valence-electron chi connectivity index (χ0n) is 18.2. The Morgan fingerprint density at radius 1 is 1.21 bits per heavy atom. The largest absolute Gasteiger partial charge is 0.458 e. The number of hydrogen-bond donors (Lipinski definition) is 1. The van der Waals surface area contributed by atoms with Crippen LogP contribution in [0.25, 0.3) is 5.69 Å². The van der Waals surface area contributed by atoms with Gasteiger partial charge in [-0.05, 0) is 49.6 Å². The molecule has 33 heavy (non-hydrogen) atoms. The van der Waals surface area contributed by atoms with Crippen LogP contribution in [0.1, 0.15) is 33.7 Å². The molecule has 1 unspecified atom stereocenters. The quantitative estimate of drug-likeness (QED) is 0.457. The van der Waals surface area contributed by atoms with Gasteiger partial charge in [0.2, 0.25) is 0 Å². The molecule has 0 saturated heterocycles. The average Bonchev–Trinajstić information content (AvgIpc) is 3.15. The van der Waals surface area contributed by atoms with Gasteiger partial charge < -0.3 is 10.1 Å². The Bertz CT molecular complexity index is 1170. The second-order valence-corrected chi connectivity index (χ2v) is 8.55. The Morgan fingerprint density at radius 2 is 1.91 bits per heavy atom. The zero-order valence-corrected chi connectivity index (χ0v) is 19.8. The minimum Gasteiger partial charge on any atom is -0.458 e. The number of aromatic nitrogens is 2. The van der Waals surface area contributed by atoms with Gasteiger partial charge in [0.25, 0.3) is 5.91 Å². The number of carbonyl (C=O) groups excluding carboxylic acids is 2. The first-order valence-corrected chi connectivity index (χ1v) is 12.0. The summed E-state index contributed by atoms with van der Waals surface area (Å²) in [6.45, 7) is 1.57. The van der Waals surface area contributed by atoms with Gasteiger partial charge in [0.1, 0.15) is 24.3 Å². The Labute approximate surface area is 201 Å². The highest BCUT2D eigenvalue weighted by Gasteiger charge is 2.25. The maximum Gasteiger partial charge on any atom is 0.329 e. The number of carbonyl (C=O) groups is 2. The molecular weight excluding hydrogens is 460 g/mol. The number of hydrogen-bond acceptors (Lipinski definition) is 6. The molecule has 0 aliphatic rings. The summed E-state index contributed by atoms with van der Waals surface area (Å²) < 4.78 is 7.16. The van der Waals surface area contributed by atoms with Gasteiger partial charge in [0, 0.05) is 0 Å². The number of para-hydroxylation sites is 1. The number of ether oxygens (including phenoxy) is 1. The summed E-state index contributed by atoms with van der Waals surface area (Å²) in [6.07, 6.45) is 2.30. The summed E-state index contributed by atoms with van der Waals surface area (Å²) in [7, 11) is 0. The molecule has 9 heteroatoms. The molecule has 3 aromatic rings. The monoisotopic (exact) mass is 482 g/mol. The first-order valence-electron chi connectivity index (χ1n) is 10.2. The lowest BCUT2D eigenvalue weighted by Gasteiger charge is -2.18. The maximum atomic E-state index is 12.9. The van der Waals surface area contributed by atoms with E-state index in [1.807, 2.05) is 36.6 Å². The molecule has 0 bridgehead atoms. The van der Waals surface area contributed by atoms with Crippen LogP contribution < -0.4 is 5.32 Å². The summed E-state index contributed by atoms with van der Waals surface area (Å²) >= 11 is 7.67. The van der Waals surface area contributed by atoms with Gasteiger partial charge in [0.05, 0.1) is 27.7 Å². The molecule has 0 saturated carbocycles. The van der Waals surface area contributed by atoms with Crippen molar-refractivity contribution in [3.63, 3.8) is 0 Å². The number of nitriles is 1. The first-order chi connectivity index (χ1) is 16.0. The summed E-state index contributed by atoms with van der Waals surface area (Å²) in [5.74, 6) is -0.397. The standard InChI is InChI=1S/C24H23ClN4O3S/c1-16-19(14-26)22(29(28-16)17-8-4-3-5-9-17)15-32-24(31)21(12-13-33-2)27-23(30)18-10-6-7-11-20(18)25/h3-11,21H,12-13,15H2,1-2H3,(H,27,30). The Kier molecular flexibility index (Phi) is 8.52. The van der Waals surface area contributed by atoms with Gasteiger partial charge in [-0.2, -0.15) is 22.1 Å². The van der Waals surface area contributed by atoms with E-state index in [1.165, 1.54) is 0 Å². The number of thioether (sulfide) groups is 1. The van der Waals surface area contributed by atoms with Crippen LogP contribution in [-0.2, 0) is 16.1 Å². The van der Waals surface area contributed by atoms with Crippen molar-refractivity contribution in [2.45, 2.75) is 26.0 Å². The van der Waals surface area contributed by atoms with Gasteiger partial charge in [-0.1, -0.05) is 41.9 Å². The molecule has 1 amide bonds. The molecule has 1 N–H and O–H groups in total. The highest BCUT2D eigenvalue weighted by atomic mass is 35.5. The third kappa shape index (κ3) is 5.95. The minimum absolute atomic E-state index is 0.158. The van der Waals surface area contributed by atoms with Crippen molar-refractivity contribution < 1.29 is 14.3 Å². The molecular formula is C24H23ClN4O3S. The van der Waals surface area contributed by atoms with Crippen LogP contribution in [-0.4, -0.2) is 39.7 Å². The fourth-order valence-corrected chi connectivity index (χ4v) is 3.94. The van der Waals surface area contributed by atoms with Crippen LogP contribution in [0.3, 0.4) is 0 Å². The van der Waals surface area contributed by atoms with Crippen molar-refractivity contribution in [1.82, 2.24) is 15.1 Å². The smallest absolute Gasteiger partial charge is 0.329 e. The number of halogens is 1. The van der Waals surface area contributed by atoms with E-state index in [9.17, 15) is 14.9 Å². The molecule has 0 spiro atoms. The van der Waals surface area contributed by atoms with E-state index in [4.69, 9.17) is 16.3 Å². The highest BCUT2D eigenvalue weighted by Crippen LogP contribution is 2.20. The number of aryl methyl sites for hydroxylation is 1. The summed E-state index contributed by atoms with van der Waals surface area (Å²) in [5, 5.41) is 17.1. The molecule has 170 valence electrons. The van der Waals surface area contributed by atoms with E-state index < -0.39 is 17.9 Å². The van der Waals surface area contributed by atoms with Crippen LogP contribution in [0.4, 0.5) is 0 Å². The molecule has 0 fully saturated rings. The Morgan fingerprint density at radius 3 is 2.58 bits per heavy atom. The van der Waals surface area contributed by atoms with Crippen LogP contribution >= 0.6 is 23.4 Å². The summed E-state index contributed by atoms with van der Waals surface area (Å²) in [4.78, 5) is 25.6. The number of nitrogens with zero attached hydrogens (tertiary/aromatic N) is 3. The topological polar surface area (TPSA) is 97.0 Å². The summed E-state index contributed by atoms with van der Waals surface area (Å²) in [6, 6.07) is 17.2. The number of amides is 1. The lowest BCUT2D eigenvalue weighted by Crippen LogP contribution is -2.42. The first kappa shape index (κ1) is 24.4. The Balaban J connectivity index is 1.79. The van der Waals surface area contributed by atoms with E-state index in [1.54, 1.807) is 47.6 Å². The molecule has 0 aliphatic carbocycles. The van der Waals surface area contributed by atoms with Crippen LogP contribution in [0.5, 0.6) is 0 Å². The van der Waals surface area contributed by atoms with Gasteiger partial charge in [-0.3, -0.25) is 4.79 Å². The normalized spacial score (nSPS) is 11.5. The number of nitrogens with one attached hydrogen (secondary N) is 1. The average molecular weight is 483 g/mol. The number of benzene rings is 2. The molecule has 7 nitrogen and oxygen atoms in total. The van der Waals surface area contributed by atoms with E-state index in [-0.39, 0.29) is 12.2 Å². The second kappa shape index (κ2) is 11.5. The number of rotatable bonds is 9. The third-order valence-corrected chi connectivity index (χ3v) is 5.91. The van der Waals surface area contributed by atoms with Crippen molar-refractivity contribution in [3.8, 4) is 11.8 Å². The number of esters is 1. The van der Waals surface area contributed by atoms with Gasteiger partial charge >= 0.3 is 5.97 Å². The maximum absolute atomic E-state index is 12.9. The predicted molar refractivity (Wildman–Crippen MR) is 129 cm³/mol. The fourth-order valence-electron chi connectivity index (χ4n) is 3.24. The van der Waals surface area contributed by atoms with Crippen LogP contribution in [0.15, 0.2) is 54.6 Å². The SMILES string of the molecule is CSCCC(NC(=O)c1ccccc1Cl)C(=O)OCc1c(C#N)c(C)nn1-c1ccccc1. The zero-order chi connectivity index (χ0) is 23.8. The molecule has 1 atom stereocenters. The van der Waals surface area contributed by atoms with Crippen molar-refractivity contribution in [2.75, 3.05) is 12.0 Å². The molecule has 1 aromatic heterocycles. The second-order valence-electron chi connectivity index (χ2n) is 7.16. The van der Waals surface area contributed by atoms with Crippen molar-refractivity contribution >= 4 is 35.2 Å². The van der Waals surface area contributed by atoms with Gasteiger partial charge in [-0.15, -0.1) is 0 Å². The predicted octanol–water partition coefficient (Wildman–Crippen LogP) is 4.30. The lowest BCUT2D eigenvalue weighted by molar-refractivity contribution is -0.147. The lowest BCUT2D eigenvalue weighted by atomic mass is 10.1. The molecule has 2 aromatic carbocycles. The summed E-state index contributed by atoms with van der Waals surface area (Å²) in [5.41, 5.74) is 2.39. The molecule has 0 radical (unpaired) electrons. The van der Waals surface area contributed by atoms with Gasteiger partial charge in [0.15, 0.2) is 0 Å². The van der Waals surface area contributed by atoms with Crippen molar-refractivity contribution in [1.29, 1.82) is 5.26 Å². The van der Waals surface area contributed by atoms with Crippen LogP contribution in [0, 0.1) is 18.3 Å². The van der Waals surface area contributed by atoms with E-state index in [0.717, 1.165) is 5.69 Å². The fraction of sp³-hybridized carbons (Fsp3) is 0.250. The van der Waals surface area contributed by atoms with E-state index in [0.29, 0.717) is 34.1 Å². The van der Waals surface area contributed by atoms with E-state index >= 15 is 0 Å². The van der Waals surface area contributed by atoms with Crippen LogP contribution in [0.2, 0.25) is 5.02 Å². The van der Waals surface area contributed by atoms with Crippen molar-refractivity contribution in [3.05, 3.63) is 82.1 Å². The highest BCUT2D eigenvalue weighted by molar-refractivity contribution is 7.98. The molecule has 0 aliphatic heterocycles. The third-order valence-electron chi connectivity index (χ3n) is 4.94.